The van der Waals surface area contributed by atoms with Crippen LogP contribution in [0.1, 0.15) is 16.8 Å². The van der Waals surface area contributed by atoms with Crippen LogP contribution in [0.25, 0.3) is 10.9 Å². The number of aromatic nitrogens is 1. The molecule has 0 spiro atoms. The lowest BCUT2D eigenvalue weighted by molar-refractivity contribution is 0.0699. The smallest absolute Gasteiger partial charge is 0.336 e. The third-order valence-corrected chi connectivity index (χ3v) is 7.52. The largest absolute Gasteiger partial charge is 0.478 e. The summed E-state index contributed by atoms with van der Waals surface area (Å²) in [6.07, 6.45) is 0.472. The first kappa shape index (κ1) is 32.5. The maximum absolute atomic E-state index is 12.8. The predicted octanol–water partition coefficient (Wildman–Crippen LogP) is 4.69. The second-order valence-electron chi connectivity index (χ2n) is 7.84. The van der Waals surface area contributed by atoms with Crippen LogP contribution in [0.4, 0.5) is 11.5 Å². The molecule has 9 nitrogen and oxygen atoms in total. The molecule has 0 radical (unpaired) electrons. The third kappa shape index (κ3) is 7.51. The number of nitriles is 1. The molecule has 3 aromatic rings. The van der Waals surface area contributed by atoms with Gasteiger partial charge in [0.1, 0.15) is 10.7 Å². The highest BCUT2D eigenvalue weighted by Gasteiger charge is 2.22. The summed E-state index contributed by atoms with van der Waals surface area (Å²) in [5.41, 5.74) is 0.684. The Kier molecular flexibility index (Phi) is 12.2. The summed E-state index contributed by atoms with van der Waals surface area (Å²) in [7, 11) is -3.97. The summed E-state index contributed by atoms with van der Waals surface area (Å²) in [4.78, 5) is 20.8. The molecule has 0 unspecified atom stereocenters. The number of hydrogen-bond acceptors (Lipinski definition) is 7. The molecular weight excluding hydrogens is 584 g/mol. The Hall–Kier alpha value is -2.52. The summed E-state index contributed by atoms with van der Waals surface area (Å²) in [6, 6.07) is 14.3. The van der Waals surface area contributed by atoms with E-state index in [1.165, 1.54) is 24.3 Å². The van der Waals surface area contributed by atoms with Crippen LogP contribution in [0.3, 0.4) is 0 Å². The summed E-state index contributed by atoms with van der Waals surface area (Å²) in [6.45, 7) is 3.55. The highest BCUT2D eigenvalue weighted by Crippen LogP contribution is 2.29. The first-order valence-corrected chi connectivity index (χ1v) is 12.4. The van der Waals surface area contributed by atoms with E-state index in [0.29, 0.717) is 42.8 Å². The molecule has 1 fully saturated rings. The van der Waals surface area contributed by atoms with Gasteiger partial charge in [0.25, 0.3) is 10.0 Å². The van der Waals surface area contributed by atoms with E-state index in [9.17, 15) is 18.3 Å². The number of halogens is 4. The molecule has 200 valence electrons. The SMILES string of the molecule is Cl.Cl.Cl.N#CCCN1CCN(c2cc(C(=O)O)c3cc(NS(=O)(=O)c4ccccc4Cl)ccc3n2)CC1. The number of anilines is 2. The Balaban J connectivity index is 0.00000228. The highest BCUT2D eigenvalue weighted by molar-refractivity contribution is 7.92. The van der Waals surface area contributed by atoms with Crippen LogP contribution >= 0.6 is 48.8 Å². The van der Waals surface area contributed by atoms with Crippen molar-refractivity contribution in [1.29, 1.82) is 5.26 Å². The van der Waals surface area contributed by atoms with Crippen molar-refractivity contribution >= 4 is 87.2 Å². The molecule has 14 heteroatoms. The number of sulfonamides is 1. The van der Waals surface area contributed by atoms with Gasteiger partial charge in [0.05, 0.1) is 22.2 Å². The first-order chi connectivity index (χ1) is 16.3. The minimum Gasteiger partial charge on any atom is -0.478 e. The number of pyridine rings is 1. The third-order valence-electron chi connectivity index (χ3n) is 5.64. The van der Waals surface area contributed by atoms with Gasteiger partial charge in [0.2, 0.25) is 0 Å². The second-order valence-corrected chi connectivity index (χ2v) is 9.90. The summed E-state index contributed by atoms with van der Waals surface area (Å²) < 4.78 is 28.0. The van der Waals surface area contributed by atoms with E-state index in [1.807, 2.05) is 4.90 Å². The average molecular weight is 609 g/mol. The molecule has 4 rings (SSSR count). The Morgan fingerprint density at radius 1 is 1.08 bits per heavy atom. The Morgan fingerprint density at radius 3 is 2.38 bits per heavy atom. The van der Waals surface area contributed by atoms with Gasteiger partial charge in [-0.15, -0.1) is 37.2 Å². The minimum absolute atomic E-state index is 0. The fraction of sp³-hybridized carbons (Fsp3) is 0.261. The molecule has 1 aromatic heterocycles. The van der Waals surface area contributed by atoms with Gasteiger partial charge >= 0.3 is 5.97 Å². The van der Waals surface area contributed by atoms with Crippen LogP contribution in [-0.2, 0) is 10.0 Å². The lowest BCUT2D eigenvalue weighted by Crippen LogP contribution is -2.46. The number of hydrogen-bond donors (Lipinski definition) is 2. The molecule has 1 aliphatic heterocycles. The lowest BCUT2D eigenvalue weighted by Gasteiger charge is -2.35. The molecule has 0 bridgehead atoms. The number of nitrogens with one attached hydrogen (secondary N) is 1. The number of carboxylic acids is 1. The standard InChI is InChI=1S/C23H22ClN5O4S.3ClH/c24-19-4-1-2-5-21(19)34(32,33)27-16-6-7-20-17(14-16)18(23(30)31)15-22(26-20)29-12-10-28(11-13-29)9-3-8-25;;;/h1-2,4-7,14-15,27H,3,9-13H2,(H,30,31);3*1H. The van der Waals surface area contributed by atoms with Crippen molar-refractivity contribution in [1.82, 2.24) is 9.88 Å². The van der Waals surface area contributed by atoms with E-state index < -0.39 is 16.0 Å². The van der Waals surface area contributed by atoms with Gasteiger partial charge in [0.15, 0.2) is 0 Å². The molecule has 2 aromatic carbocycles. The van der Waals surface area contributed by atoms with Gasteiger partial charge in [0, 0.05) is 50.2 Å². The zero-order valence-electron chi connectivity index (χ0n) is 19.3. The van der Waals surface area contributed by atoms with Crippen molar-refractivity contribution in [3.8, 4) is 6.07 Å². The molecule has 0 atom stereocenters. The molecule has 0 aliphatic carbocycles. The summed E-state index contributed by atoms with van der Waals surface area (Å²) in [5.74, 6) is -0.582. The number of benzene rings is 2. The molecule has 0 saturated carbocycles. The fourth-order valence-corrected chi connectivity index (χ4v) is 5.47. The van der Waals surface area contributed by atoms with Gasteiger partial charge in [-0.25, -0.2) is 18.2 Å². The minimum atomic E-state index is -3.97. The van der Waals surface area contributed by atoms with Gasteiger partial charge in [-0.05, 0) is 36.4 Å². The Bertz CT molecular complexity index is 1390. The highest BCUT2D eigenvalue weighted by atomic mass is 35.5. The maximum atomic E-state index is 12.8. The predicted molar refractivity (Wildman–Crippen MR) is 152 cm³/mol. The average Bonchev–Trinajstić information content (AvgIpc) is 2.82. The quantitative estimate of drug-likeness (QED) is 0.396. The number of fused-ring (bicyclic) bond motifs is 1. The van der Waals surface area contributed by atoms with Crippen molar-refractivity contribution in [3.63, 3.8) is 0 Å². The number of nitrogens with zero attached hydrogens (tertiary/aromatic N) is 4. The van der Waals surface area contributed by atoms with Crippen LogP contribution in [0, 0.1) is 11.3 Å². The van der Waals surface area contributed by atoms with Crippen LogP contribution in [-0.4, -0.2) is 62.1 Å². The van der Waals surface area contributed by atoms with E-state index in [4.69, 9.17) is 16.9 Å². The first-order valence-electron chi connectivity index (χ1n) is 10.6. The number of carbonyl (C=O) groups is 1. The summed E-state index contributed by atoms with van der Waals surface area (Å²) >= 11 is 6.03. The fourth-order valence-electron chi connectivity index (χ4n) is 3.90. The van der Waals surface area contributed by atoms with E-state index in [-0.39, 0.29) is 58.4 Å². The van der Waals surface area contributed by atoms with Crippen LogP contribution in [0.2, 0.25) is 5.02 Å². The molecular formula is C23H25Cl4N5O4S. The van der Waals surface area contributed by atoms with Gasteiger partial charge in [-0.2, -0.15) is 5.26 Å². The molecule has 2 N–H and O–H groups in total. The van der Waals surface area contributed by atoms with Gasteiger partial charge < -0.3 is 10.0 Å². The Morgan fingerprint density at radius 2 is 1.76 bits per heavy atom. The molecule has 37 heavy (non-hydrogen) atoms. The number of carboxylic acid groups (broad SMARTS) is 1. The number of piperazine rings is 1. The number of aromatic carboxylic acids is 1. The zero-order valence-corrected chi connectivity index (χ0v) is 23.4. The molecule has 0 amide bonds. The number of rotatable bonds is 7. The van der Waals surface area contributed by atoms with Gasteiger partial charge in [-0.3, -0.25) is 9.62 Å². The second kappa shape index (κ2) is 13.9. The topological polar surface area (TPSA) is 127 Å². The van der Waals surface area contributed by atoms with E-state index >= 15 is 0 Å². The van der Waals surface area contributed by atoms with Crippen molar-refractivity contribution < 1.29 is 18.3 Å². The normalized spacial score (nSPS) is 13.5. The van der Waals surface area contributed by atoms with Crippen LogP contribution in [0.5, 0.6) is 0 Å². The van der Waals surface area contributed by atoms with Crippen molar-refractivity contribution in [3.05, 3.63) is 59.1 Å². The van der Waals surface area contributed by atoms with Gasteiger partial charge in [-0.1, -0.05) is 23.7 Å². The van der Waals surface area contributed by atoms with E-state index in [1.54, 1.807) is 24.3 Å². The summed E-state index contributed by atoms with van der Waals surface area (Å²) in [5, 5.41) is 19.0. The van der Waals surface area contributed by atoms with Crippen molar-refractivity contribution in [2.75, 3.05) is 42.3 Å². The van der Waals surface area contributed by atoms with Crippen molar-refractivity contribution in [2.45, 2.75) is 11.3 Å². The van der Waals surface area contributed by atoms with Crippen molar-refractivity contribution in [2.24, 2.45) is 0 Å². The monoisotopic (exact) mass is 607 g/mol. The van der Waals surface area contributed by atoms with Crippen LogP contribution in [0.15, 0.2) is 53.4 Å². The van der Waals surface area contributed by atoms with E-state index in [0.717, 1.165) is 13.1 Å². The van der Waals surface area contributed by atoms with Crippen LogP contribution < -0.4 is 9.62 Å². The lowest BCUT2D eigenvalue weighted by atomic mass is 10.1. The maximum Gasteiger partial charge on any atom is 0.336 e. The zero-order chi connectivity index (χ0) is 24.3. The molecule has 1 saturated heterocycles. The molecule has 2 heterocycles. The van der Waals surface area contributed by atoms with E-state index in [2.05, 4.69) is 20.7 Å². The molecule has 1 aliphatic rings. The Labute approximate surface area is 238 Å².